The highest BCUT2D eigenvalue weighted by atomic mass is 16.7. The summed E-state index contributed by atoms with van der Waals surface area (Å²) in [5.41, 5.74) is 2.06. The van der Waals surface area contributed by atoms with Crippen LogP contribution < -0.4 is 0 Å². The highest BCUT2D eigenvalue weighted by Crippen LogP contribution is 2.66. The van der Waals surface area contributed by atoms with Crippen molar-refractivity contribution in [1.82, 2.24) is 0 Å². The number of rotatable bonds is 1. The van der Waals surface area contributed by atoms with Gasteiger partial charge in [-0.15, -0.1) is 0 Å². The third-order valence-corrected chi connectivity index (χ3v) is 9.15. The Hall–Kier alpha value is -0.870. The van der Waals surface area contributed by atoms with Gasteiger partial charge in [0.15, 0.2) is 5.79 Å². The summed E-state index contributed by atoms with van der Waals surface area (Å²) in [6, 6.07) is 0. The number of esters is 1. The molecule has 0 N–H and O–H groups in total. The third kappa shape index (κ3) is 2.58. The Morgan fingerprint density at radius 1 is 1.07 bits per heavy atom. The summed E-state index contributed by atoms with van der Waals surface area (Å²) >= 11 is 0. The highest BCUT2D eigenvalue weighted by Gasteiger charge is 2.61. The predicted octanol–water partition coefficient (Wildman–Crippen LogP) is 4.62. The van der Waals surface area contributed by atoms with E-state index in [9.17, 15) is 4.79 Å². The van der Waals surface area contributed by atoms with Gasteiger partial charge < -0.3 is 14.2 Å². The zero-order chi connectivity index (χ0) is 18.9. The van der Waals surface area contributed by atoms with Gasteiger partial charge in [-0.1, -0.05) is 25.5 Å². The predicted molar refractivity (Wildman–Crippen MR) is 102 cm³/mol. The maximum absolute atomic E-state index is 11.6. The minimum Gasteiger partial charge on any atom is -0.462 e. The zero-order valence-corrected chi connectivity index (χ0v) is 17.1. The fraction of sp³-hybridized carbons (Fsp3) is 0.870. The van der Waals surface area contributed by atoms with Crippen molar-refractivity contribution in [3.8, 4) is 0 Å². The van der Waals surface area contributed by atoms with Crippen LogP contribution >= 0.6 is 0 Å². The van der Waals surface area contributed by atoms with Crippen molar-refractivity contribution in [1.29, 1.82) is 0 Å². The van der Waals surface area contributed by atoms with Crippen LogP contribution in [-0.2, 0) is 19.0 Å². The molecule has 1 spiro atoms. The highest BCUT2D eigenvalue weighted by molar-refractivity contribution is 5.66. The minimum atomic E-state index is -0.324. The Labute approximate surface area is 163 Å². The number of carbonyl (C=O) groups excluding carboxylic acids is 1. The molecule has 4 nitrogen and oxygen atoms in total. The zero-order valence-electron chi connectivity index (χ0n) is 17.1. The van der Waals surface area contributed by atoms with Crippen LogP contribution in [0.25, 0.3) is 0 Å². The molecule has 0 aromatic heterocycles. The summed E-state index contributed by atoms with van der Waals surface area (Å²) in [4.78, 5) is 11.6. The molecule has 4 fully saturated rings. The van der Waals surface area contributed by atoms with Gasteiger partial charge in [-0.3, -0.25) is 4.79 Å². The Morgan fingerprint density at radius 3 is 2.59 bits per heavy atom. The summed E-state index contributed by atoms with van der Waals surface area (Å²) in [5.74, 6) is 1.73. The molecule has 4 heteroatoms. The van der Waals surface area contributed by atoms with Crippen molar-refractivity contribution < 1.29 is 19.0 Å². The molecule has 0 aromatic rings. The largest absolute Gasteiger partial charge is 0.462 e. The molecular formula is C23H34O4. The second-order valence-electron chi connectivity index (χ2n) is 10.3. The van der Waals surface area contributed by atoms with Crippen molar-refractivity contribution >= 4 is 5.97 Å². The Bertz CT molecular complexity index is 663. The molecular weight excluding hydrogens is 340 g/mol. The van der Waals surface area contributed by atoms with E-state index in [-0.39, 0.29) is 23.3 Å². The fourth-order valence-corrected chi connectivity index (χ4v) is 7.69. The van der Waals surface area contributed by atoms with Gasteiger partial charge in [-0.25, -0.2) is 0 Å². The smallest absolute Gasteiger partial charge is 0.302 e. The maximum Gasteiger partial charge on any atom is 0.302 e. The molecule has 1 unspecified atom stereocenters. The number of hydrogen-bond acceptors (Lipinski definition) is 4. The topological polar surface area (TPSA) is 44.8 Å². The SMILES string of the molecule is CC(=O)O[C@H]1CC[C@H]2[C@@H]3CC=C4CC5(CC[C@]4(C)C3CC[C@]12C)OCCO5. The molecule has 1 aliphatic heterocycles. The van der Waals surface area contributed by atoms with Gasteiger partial charge in [-0.05, 0) is 61.7 Å². The van der Waals surface area contributed by atoms with Crippen molar-refractivity contribution in [2.45, 2.75) is 84.0 Å². The van der Waals surface area contributed by atoms with Crippen molar-refractivity contribution in [2.24, 2.45) is 28.6 Å². The van der Waals surface area contributed by atoms with Crippen LogP contribution in [0.15, 0.2) is 11.6 Å². The van der Waals surface area contributed by atoms with Crippen LogP contribution in [0.1, 0.15) is 72.1 Å². The van der Waals surface area contributed by atoms with Crippen LogP contribution in [0.2, 0.25) is 0 Å². The van der Waals surface area contributed by atoms with E-state index in [1.54, 1.807) is 12.5 Å². The van der Waals surface area contributed by atoms with Crippen LogP contribution in [0.4, 0.5) is 0 Å². The number of allylic oxidation sites excluding steroid dienone is 1. The van der Waals surface area contributed by atoms with Crippen molar-refractivity contribution in [3.05, 3.63) is 11.6 Å². The van der Waals surface area contributed by atoms with Crippen molar-refractivity contribution in [2.75, 3.05) is 13.2 Å². The quantitative estimate of drug-likeness (QED) is 0.496. The molecule has 0 radical (unpaired) electrons. The molecule has 0 amide bonds. The van der Waals surface area contributed by atoms with E-state index in [0.29, 0.717) is 11.3 Å². The van der Waals surface area contributed by atoms with Crippen LogP contribution in [0.5, 0.6) is 0 Å². The summed E-state index contributed by atoms with van der Waals surface area (Å²) < 4.78 is 17.8. The second-order valence-corrected chi connectivity index (χ2v) is 10.3. The third-order valence-electron chi connectivity index (χ3n) is 9.15. The number of hydrogen-bond donors (Lipinski definition) is 0. The van der Waals surface area contributed by atoms with Crippen LogP contribution in [-0.4, -0.2) is 31.1 Å². The van der Waals surface area contributed by atoms with Gasteiger partial charge in [0.05, 0.1) is 13.2 Å². The molecule has 150 valence electrons. The molecule has 27 heavy (non-hydrogen) atoms. The van der Waals surface area contributed by atoms with Gasteiger partial charge in [-0.2, -0.15) is 0 Å². The van der Waals surface area contributed by atoms with Crippen molar-refractivity contribution in [3.63, 3.8) is 0 Å². The molecule has 5 rings (SSSR count). The first-order valence-electron chi connectivity index (χ1n) is 11.0. The Kier molecular flexibility index (Phi) is 4.08. The van der Waals surface area contributed by atoms with Gasteiger partial charge >= 0.3 is 5.97 Å². The van der Waals surface area contributed by atoms with Gasteiger partial charge in [0.2, 0.25) is 0 Å². The summed E-state index contributed by atoms with van der Waals surface area (Å²) in [6.45, 7) is 7.96. The van der Waals surface area contributed by atoms with E-state index >= 15 is 0 Å². The molecule has 1 saturated heterocycles. The lowest BCUT2D eigenvalue weighted by molar-refractivity contribution is -0.186. The lowest BCUT2D eigenvalue weighted by Crippen LogP contribution is -2.53. The van der Waals surface area contributed by atoms with E-state index in [2.05, 4.69) is 19.9 Å². The molecule has 1 heterocycles. The molecule has 6 atom stereocenters. The van der Waals surface area contributed by atoms with E-state index in [1.807, 2.05) is 0 Å². The first-order chi connectivity index (χ1) is 12.9. The molecule has 0 aromatic carbocycles. The fourth-order valence-electron chi connectivity index (χ4n) is 7.69. The number of ether oxygens (including phenoxy) is 3. The van der Waals surface area contributed by atoms with E-state index in [1.165, 1.54) is 32.1 Å². The van der Waals surface area contributed by atoms with E-state index in [0.717, 1.165) is 44.3 Å². The maximum atomic E-state index is 11.6. The van der Waals surface area contributed by atoms with Gasteiger partial charge in [0, 0.05) is 25.2 Å². The van der Waals surface area contributed by atoms with Crippen LogP contribution in [0.3, 0.4) is 0 Å². The molecule has 3 saturated carbocycles. The lowest BCUT2D eigenvalue weighted by atomic mass is 9.47. The van der Waals surface area contributed by atoms with E-state index < -0.39 is 0 Å². The van der Waals surface area contributed by atoms with Gasteiger partial charge in [0.25, 0.3) is 0 Å². The molecule has 5 aliphatic rings. The summed E-state index contributed by atoms with van der Waals surface area (Å²) in [5, 5.41) is 0. The first-order valence-corrected chi connectivity index (χ1v) is 11.0. The lowest BCUT2D eigenvalue weighted by Gasteiger charge is -2.58. The van der Waals surface area contributed by atoms with Crippen LogP contribution in [0, 0.1) is 28.6 Å². The molecule has 0 bridgehead atoms. The standard InChI is InChI=1S/C23H34O4/c1-15(24)27-20-7-6-18-17-5-4-16-14-23(25-12-13-26-23)11-10-21(16,2)19(17)8-9-22(18,20)3/h4,17-20H,5-14H2,1-3H3/t17-,18-,19?,20-,21-,22-/m0/s1. The average Bonchev–Trinajstić information content (AvgIpc) is 3.21. The minimum absolute atomic E-state index is 0.115. The normalized spacial score (nSPS) is 47.7. The second kappa shape index (κ2) is 6.06. The number of fused-ring (bicyclic) bond motifs is 5. The summed E-state index contributed by atoms with van der Waals surface area (Å²) in [7, 11) is 0. The average molecular weight is 375 g/mol. The van der Waals surface area contributed by atoms with E-state index in [4.69, 9.17) is 14.2 Å². The Morgan fingerprint density at radius 2 is 1.85 bits per heavy atom. The summed E-state index contributed by atoms with van der Waals surface area (Å²) in [6.07, 6.45) is 11.7. The Balaban J connectivity index is 1.41. The van der Waals surface area contributed by atoms with Gasteiger partial charge in [0.1, 0.15) is 6.10 Å². The molecule has 4 aliphatic carbocycles. The first kappa shape index (κ1) is 18.2. The number of carbonyl (C=O) groups is 1. The monoisotopic (exact) mass is 374 g/mol.